The van der Waals surface area contributed by atoms with Crippen LogP contribution in [0.1, 0.15) is 0 Å². The lowest BCUT2D eigenvalue weighted by Gasteiger charge is -2.02. The Bertz CT molecular complexity index is 410. The molecule has 1 heterocycles. The summed E-state index contributed by atoms with van der Waals surface area (Å²) < 4.78 is 1.13. The van der Waals surface area contributed by atoms with Crippen molar-refractivity contribution in [1.29, 1.82) is 0 Å². The number of nitrogens with one attached hydrogen (secondary N) is 1. The topological polar surface area (TPSA) is 59.8 Å². The van der Waals surface area contributed by atoms with Crippen LogP contribution in [-0.4, -0.2) is 21.0 Å². The normalized spacial score (nSPS) is 9.71. The maximum Gasteiger partial charge on any atom is 0.347 e. The van der Waals surface area contributed by atoms with Gasteiger partial charge in [-0.1, -0.05) is 23.4 Å². The van der Waals surface area contributed by atoms with Gasteiger partial charge in [-0.25, -0.2) is 4.79 Å². The maximum atomic E-state index is 11.4. The summed E-state index contributed by atoms with van der Waals surface area (Å²) in [6.07, 6.45) is 2.93. The molecule has 1 amide bonds. The van der Waals surface area contributed by atoms with E-state index in [2.05, 4.69) is 15.6 Å². The van der Waals surface area contributed by atoms with E-state index in [1.165, 1.54) is 12.4 Å². The minimum atomic E-state index is -0.325. The predicted octanol–water partition coefficient (Wildman–Crippen LogP) is 1.36. The number of benzene rings is 1. The first kappa shape index (κ1) is 8.43. The molecule has 5 nitrogen and oxygen atoms in total. The van der Waals surface area contributed by atoms with E-state index in [1.807, 2.05) is 18.2 Å². The van der Waals surface area contributed by atoms with Crippen LogP contribution in [0.5, 0.6) is 0 Å². The van der Waals surface area contributed by atoms with Crippen molar-refractivity contribution in [2.45, 2.75) is 0 Å². The van der Waals surface area contributed by atoms with Crippen molar-refractivity contribution >= 4 is 11.7 Å². The highest BCUT2D eigenvalue weighted by Gasteiger charge is 2.03. The summed E-state index contributed by atoms with van der Waals surface area (Å²) in [5.74, 6) is 0. The molecule has 0 aliphatic heterocycles. The lowest BCUT2D eigenvalue weighted by Crippen LogP contribution is -2.19. The van der Waals surface area contributed by atoms with Gasteiger partial charge in [0.25, 0.3) is 0 Å². The van der Waals surface area contributed by atoms with Crippen molar-refractivity contribution in [3.63, 3.8) is 0 Å². The second-order valence-corrected chi connectivity index (χ2v) is 2.64. The summed E-state index contributed by atoms with van der Waals surface area (Å²) in [5.41, 5.74) is 0.730. The standard InChI is InChI=1S/C9H8N4O/c14-9(13-7-6-10-12-13)11-8-4-2-1-3-5-8/h1-7H,(H,11,14). The van der Waals surface area contributed by atoms with Gasteiger partial charge in [0.1, 0.15) is 0 Å². The number of hydrogen-bond donors (Lipinski definition) is 1. The zero-order valence-corrected chi connectivity index (χ0v) is 7.29. The molecule has 2 aromatic rings. The highest BCUT2D eigenvalue weighted by atomic mass is 16.2. The van der Waals surface area contributed by atoms with Gasteiger partial charge < -0.3 is 5.32 Å². The molecule has 0 aliphatic carbocycles. The van der Waals surface area contributed by atoms with Crippen LogP contribution in [0.15, 0.2) is 42.7 Å². The van der Waals surface area contributed by atoms with Crippen LogP contribution in [0, 0.1) is 0 Å². The van der Waals surface area contributed by atoms with Gasteiger partial charge in [-0.3, -0.25) is 0 Å². The zero-order chi connectivity index (χ0) is 9.80. The molecule has 5 heteroatoms. The van der Waals surface area contributed by atoms with Gasteiger partial charge >= 0.3 is 6.03 Å². The Kier molecular flexibility index (Phi) is 2.22. The average molecular weight is 188 g/mol. The van der Waals surface area contributed by atoms with Crippen LogP contribution in [0.2, 0.25) is 0 Å². The minimum Gasteiger partial charge on any atom is -0.306 e. The molecule has 1 aromatic heterocycles. The first-order valence-corrected chi connectivity index (χ1v) is 4.09. The first-order valence-electron chi connectivity index (χ1n) is 4.09. The van der Waals surface area contributed by atoms with Crippen molar-refractivity contribution in [2.24, 2.45) is 0 Å². The Balaban J connectivity index is 2.10. The number of anilines is 1. The summed E-state index contributed by atoms with van der Waals surface area (Å²) in [4.78, 5) is 11.4. The first-order chi connectivity index (χ1) is 6.86. The fourth-order valence-electron chi connectivity index (χ4n) is 1.02. The number of nitrogens with zero attached hydrogens (tertiary/aromatic N) is 3. The van der Waals surface area contributed by atoms with Gasteiger partial charge in [0, 0.05) is 5.69 Å². The fraction of sp³-hybridized carbons (Fsp3) is 0. The molecular formula is C9H8N4O. The molecule has 0 atom stereocenters. The second kappa shape index (κ2) is 3.69. The van der Waals surface area contributed by atoms with Gasteiger partial charge in [-0.15, -0.1) is 5.10 Å². The average Bonchev–Trinajstić information content (AvgIpc) is 2.72. The number of rotatable bonds is 1. The van der Waals surface area contributed by atoms with Gasteiger partial charge in [0.2, 0.25) is 0 Å². The van der Waals surface area contributed by atoms with Crippen LogP contribution < -0.4 is 5.32 Å². The van der Waals surface area contributed by atoms with Gasteiger partial charge in [-0.05, 0) is 12.1 Å². The third-order valence-corrected chi connectivity index (χ3v) is 1.66. The molecule has 0 bridgehead atoms. The highest BCUT2D eigenvalue weighted by Crippen LogP contribution is 2.04. The Hall–Kier alpha value is -2.17. The van der Waals surface area contributed by atoms with E-state index >= 15 is 0 Å². The van der Waals surface area contributed by atoms with E-state index in [9.17, 15) is 4.79 Å². The minimum absolute atomic E-state index is 0.325. The van der Waals surface area contributed by atoms with Gasteiger partial charge in [-0.2, -0.15) is 4.68 Å². The number of amides is 1. The molecule has 1 N–H and O–H groups in total. The molecule has 1 aromatic carbocycles. The van der Waals surface area contributed by atoms with Crippen molar-refractivity contribution in [1.82, 2.24) is 15.0 Å². The predicted molar refractivity (Wildman–Crippen MR) is 50.9 cm³/mol. The Morgan fingerprint density at radius 3 is 2.71 bits per heavy atom. The maximum absolute atomic E-state index is 11.4. The van der Waals surface area contributed by atoms with Crippen LogP contribution in [0.4, 0.5) is 10.5 Å². The summed E-state index contributed by atoms with van der Waals surface area (Å²) in [6.45, 7) is 0. The Morgan fingerprint density at radius 2 is 2.07 bits per heavy atom. The molecule has 0 spiro atoms. The Labute approximate surface area is 80.4 Å². The molecule has 0 saturated heterocycles. The van der Waals surface area contributed by atoms with Gasteiger partial charge in [0.15, 0.2) is 0 Å². The zero-order valence-electron chi connectivity index (χ0n) is 7.29. The van der Waals surface area contributed by atoms with Crippen LogP contribution in [0.25, 0.3) is 0 Å². The van der Waals surface area contributed by atoms with Crippen molar-refractivity contribution in [3.8, 4) is 0 Å². The lowest BCUT2D eigenvalue weighted by molar-refractivity contribution is 0.250. The van der Waals surface area contributed by atoms with Crippen molar-refractivity contribution in [2.75, 3.05) is 5.32 Å². The van der Waals surface area contributed by atoms with E-state index in [0.717, 1.165) is 10.4 Å². The molecule has 0 unspecified atom stereocenters. The van der Waals surface area contributed by atoms with Gasteiger partial charge in [0.05, 0.1) is 12.4 Å². The van der Waals surface area contributed by atoms with E-state index in [1.54, 1.807) is 12.1 Å². The number of para-hydroxylation sites is 1. The van der Waals surface area contributed by atoms with Crippen LogP contribution >= 0.6 is 0 Å². The molecule has 0 saturated carbocycles. The van der Waals surface area contributed by atoms with E-state index in [-0.39, 0.29) is 6.03 Å². The Morgan fingerprint density at radius 1 is 1.29 bits per heavy atom. The molecular weight excluding hydrogens is 180 g/mol. The fourth-order valence-corrected chi connectivity index (χ4v) is 1.02. The molecule has 0 radical (unpaired) electrons. The number of aromatic nitrogens is 3. The summed E-state index contributed by atoms with van der Waals surface area (Å²) in [7, 11) is 0. The summed E-state index contributed by atoms with van der Waals surface area (Å²) in [5, 5.41) is 9.77. The van der Waals surface area contributed by atoms with Crippen LogP contribution in [0.3, 0.4) is 0 Å². The smallest absolute Gasteiger partial charge is 0.306 e. The molecule has 14 heavy (non-hydrogen) atoms. The quantitative estimate of drug-likeness (QED) is 0.735. The molecule has 0 aliphatic rings. The third-order valence-electron chi connectivity index (χ3n) is 1.66. The van der Waals surface area contributed by atoms with Crippen LogP contribution in [-0.2, 0) is 0 Å². The summed E-state index contributed by atoms with van der Waals surface area (Å²) in [6, 6.07) is 8.84. The third kappa shape index (κ3) is 1.77. The highest BCUT2D eigenvalue weighted by molar-refractivity contribution is 5.90. The molecule has 0 fully saturated rings. The SMILES string of the molecule is O=C(Nc1ccccc1)n1ccnn1. The van der Waals surface area contributed by atoms with E-state index in [4.69, 9.17) is 0 Å². The van der Waals surface area contributed by atoms with E-state index in [0.29, 0.717) is 0 Å². The molecule has 70 valence electrons. The second-order valence-electron chi connectivity index (χ2n) is 2.64. The number of hydrogen-bond acceptors (Lipinski definition) is 3. The lowest BCUT2D eigenvalue weighted by atomic mass is 10.3. The van der Waals surface area contributed by atoms with E-state index < -0.39 is 0 Å². The van der Waals surface area contributed by atoms with Crippen molar-refractivity contribution < 1.29 is 4.79 Å². The number of carbonyl (C=O) groups excluding carboxylic acids is 1. The molecule has 2 rings (SSSR count). The summed E-state index contributed by atoms with van der Waals surface area (Å²) >= 11 is 0. The number of carbonyl (C=O) groups is 1. The monoisotopic (exact) mass is 188 g/mol. The largest absolute Gasteiger partial charge is 0.347 e. The van der Waals surface area contributed by atoms with Crippen molar-refractivity contribution in [3.05, 3.63) is 42.7 Å².